The van der Waals surface area contributed by atoms with Gasteiger partial charge in [0, 0.05) is 17.8 Å². The van der Waals surface area contributed by atoms with E-state index in [9.17, 15) is 8.42 Å². The number of benzene rings is 1. The molecule has 0 atom stereocenters. The number of nitrogens with one attached hydrogen (secondary N) is 1. The molecule has 7 heteroatoms. The van der Waals surface area contributed by atoms with E-state index >= 15 is 0 Å². The highest BCUT2D eigenvalue weighted by Gasteiger charge is 2.14. The number of hydrogen-bond acceptors (Lipinski definition) is 5. The molecule has 0 aliphatic rings. The maximum Gasteiger partial charge on any atom is 0.238 e. The highest BCUT2D eigenvalue weighted by molar-refractivity contribution is 7.89. The van der Waals surface area contributed by atoms with Crippen LogP contribution < -0.4 is 10.5 Å². The average Bonchev–Trinajstić information content (AvgIpc) is 2.67. The van der Waals surface area contributed by atoms with Crippen LogP contribution >= 0.6 is 0 Å². The van der Waals surface area contributed by atoms with E-state index in [1.54, 1.807) is 13.0 Å². The first-order chi connectivity index (χ1) is 9.30. The van der Waals surface area contributed by atoms with Crippen LogP contribution in [0.25, 0.3) is 0 Å². The Bertz CT molecular complexity index is 716. The second kappa shape index (κ2) is 5.26. The number of rotatable bonds is 4. The molecule has 6 nitrogen and oxygen atoms in total. The standard InChI is InChI=1S/C13H17N3O3S/c1-8-12(5-4-6-13(8)20(14,17)18)15-7-11-9(2)16-19-10(11)3/h4-6,15H,7H2,1-3H3,(H2,14,17,18). The van der Waals surface area contributed by atoms with Crippen molar-refractivity contribution in [3.8, 4) is 0 Å². The lowest BCUT2D eigenvalue weighted by atomic mass is 10.1. The molecule has 1 heterocycles. The molecule has 2 aromatic rings. The second-order valence-electron chi connectivity index (χ2n) is 4.63. The predicted octanol–water partition coefficient (Wildman–Crippen LogP) is 1.86. The third-order valence-electron chi connectivity index (χ3n) is 3.23. The first-order valence-corrected chi connectivity index (χ1v) is 7.63. The Morgan fingerprint density at radius 2 is 2.00 bits per heavy atom. The Labute approximate surface area is 118 Å². The van der Waals surface area contributed by atoms with E-state index < -0.39 is 10.0 Å². The predicted molar refractivity (Wildman–Crippen MR) is 75.9 cm³/mol. The first-order valence-electron chi connectivity index (χ1n) is 6.08. The number of nitrogens with zero attached hydrogens (tertiary/aromatic N) is 1. The van der Waals surface area contributed by atoms with E-state index in [2.05, 4.69) is 10.5 Å². The maximum absolute atomic E-state index is 11.5. The molecule has 0 radical (unpaired) electrons. The molecular formula is C13H17N3O3S. The summed E-state index contributed by atoms with van der Waals surface area (Å²) >= 11 is 0. The summed E-state index contributed by atoms with van der Waals surface area (Å²) in [6.45, 7) is 5.93. The number of anilines is 1. The quantitative estimate of drug-likeness (QED) is 0.897. The average molecular weight is 295 g/mol. The topological polar surface area (TPSA) is 98.2 Å². The minimum Gasteiger partial charge on any atom is -0.381 e. The number of aromatic nitrogens is 1. The van der Waals surface area contributed by atoms with Crippen LogP contribution in [-0.2, 0) is 16.6 Å². The van der Waals surface area contributed by atoms with Gasteiger partial charge in [0.15, 0.2) is 0 Å². The molecule has 1 aromatic heterocycles. The Kier molecular flexibility index (Phi) is 3.82. The van der Waals surface area contributed by atoms with Crippen molar-refractivity contribution in [1.82, 2.24) is 5.16 Å². The number of hydrogen-bond donors (Lipinski definition) is 2. The minimum atomic E-state index is -3.72. The van der Waals surface area contributed by atoms with E-state index in [0.29, 0.717) is 12.1 Å². The highest BCUT2D eigenvalue weighted by atomic mass is 32.2. The third kappa shape index (κ3) is 2.83. The summed E-state index contributed by atoms with van der Waals surface area (Å²) in [6, 6.07) is 4.95. The van der Waals surface area contributed by atoms with Crippen molar-refractivity contribution >= 4 is 15.7 Å². The van der Waals surface area contributed by atoms with Crippen molar-refractivity contribution in [2.24, 2.45) is 5.14 Å². The number of sulfonamides is 1. The van der Waals surface area contributed by atoms with Gasteiger partial charge in [0.25, 0.3) is 0 Å². The molecule has 1 aromatic carbocycles. The molecule has 108 valence electrons. The molecule has 0 unspecified atom stereocenters. The van der Waals surface area contributed by atoms with Gasteiger partial charge in [-0.05, 0) is 38.5 Å². The Hall–Kier alpha value is -1.86. The lowest BCUT2D eigenvalue weighted by Crippen LogP contribution is -2.14. The van der Waals surface area contributed by atoms with Crippen molar-refractivity contribution in [2.75, 3.05) is 5.32 Å². The van der Waals surface area contributed by atoms with Gasteiger partial charge in [-0.2, -0.15) is 0 Å². The van der Waals surface area contributed by atoms with Crippen LogP contribution in [0.2, 0.25) is 0 Å². The van der Waals surface area contributed by atoms with Gasteiger partial charge in [-0.15, -0.1) is 0 Å². The molecule has 0 spiro atoms. The van der Waals surface area contributed by atoms with Gasteiger partial charge in [0.2, 0.25) is 10.0 Å². The van der Waals surface area contributed by atoms with Crippen LogP contribution in [0.3, 0.4) is 0 Å². The molecule has 0 saturated heterocycles. The Morgan fingerprint density at radius 1 is 1.30 bits per heavy atom. The van der Waals surface area contributed by atoms with Gasteiger partial charge in [0.05, 0.1) is 10.6 Å². The van der Waals surface area contributed by atoms with E-state index in [4.69, 9.17) is 9.66 Å². The zero-order valence-corrected chi connectivity index (χ0v) is 12.4. The van der Waals surface area contributed by atoms with E-state index in [1.165, 1.54) is 6.07 Å². The van der Waals surface area contributed by atoms with E-state index in [-0.39, 0.29) is 4.90 Å². The first kappa shape index (κ1) is 14.5. The maximum atomic E-state index is 11.5. The molecule has 20 heavy (non-hydrogen) atoms. The summed E-state index contributed by atoms with van der Waals surface area (Å²) in [7, 11) is -3.72. The zero-order chi connectivity index (χ0) is 14.9. The normalized spacial score (nSPS) is 11.6. The summed E-state index contributed by atoms with van der Waals surface area (Å²) < 4.78 is 28.0. The van der Waals surface area contributed by atoms with Crippen molar-refractivity contribution in [1.29, 1.82) is 0 Å². The van der Waals surface area contributed by atoms with Gasteiger partial charge in [-0.3, -0.25) is 0 Å². The molecule has 2 rings (SSSR count). The number of primary sulfonamides is 1. The molecule has 0 aliphatic carbocycles. The van der Waals surface area contributed by atoms with Crippen LogP contribution in [-0.4, -0.2) is 13.6 Å². The molecule has 0 saturated carbocycles. The summed E-state index contributed by atoms with van der Waals surface area (Å²) in [5.74, 6) is 0.746. The fourth-order valence-electron chi connectivity index (χ4n) is 2.05. The molecular weight excluding hydrogens is 278 g/mol. The van der Waals surface area contributed by atoms with Crippen molar-refractivity contribution in [2.45, 2.75) is 32.2 Å². The Balaban J connectivity index is 2.28. The minimum absolute atomic E-state index is 0.126. The van der Waals surface area contributed by atoms with Crippen LogP contribution in [0.5, 0.6) is 0 Å². The SMILES string of the molecule is Cc1noc(C)c1CNc1cccc(S(N)(=O)=O)c1C. The highest BCUT2D eigenvalue weighted by Crippen LogP contribution is 2.23. The number of nitrogens with two attached hydrogens (primary N) is 1. The monoisotopic (exact) mass is 295 g/mol. The van der Waals surface area contributed by atoms with Gasteiger partial charge in [-0.1, -0.05) is 11.2 Å². The van der Waals surface area contributed by atoms with Crippen molar-refractivity contribution < 1.29 is 12.9 Å². The van der Waals surface area contributed by atoms with Crippen molar-refractivity contribution in [3.63, 3.8) is 0 Å². The van der Waals surface area contributed by atoms with Crippen LogP contribution in [0.1, 0.15) is 22.6 Å². The smallest absolute Gasteiger partial charge is 0.238 e. The van der Waals surface area contributed by atoms with Crippen LogP contribution in [0.4, 0.5) is 5.69 Å². The van der Waals surface area contributed by atoms with Gasteiger partial charge < -0.3 is 9.84 Å². The fraction of sp³-hybridized carbons (Fsp3) is 0.308. The molecule has 0 aliphatic heterocycles. The van der Waals surface area contributed by atoms with E-state index in [0.717, 1.165) is 22.7 Å². The van der Waals surface area contributed by atoms with Gasteiger partial charge >= 0.3 is 0 Å². The lowest BCUT2D eigenvalue weighted by Gasteiger charge is -2.12. The number of aryl methyl sites for hydroxylation is 2. The fourth-order valence-corrected chi connectivity index (χ4v) is 2.86. The molecule has 0 bridgehead atoms. The second-order valence-corrected chi connectivity index (χ2v) is 6.16. The summed E-state index contributed by atoms with van der Waals surface area (Å²) in [4.78, 5) is 0.126. The van der Waals surface area contributed by atoms with E-state index in [1.807, 2.05) is 19.9 Å². The molecule has 0 amide bonds. The third-order valence-corrected chi connectivity index (χ3v) is 4.28. The van der Waals surface area contributed by atoms with Gasteiger partial charge in [-0.25, -0.2) is 13.6 Å². The van der Waals surface area contributed by atoms with Crippen LogP contribution in [0, 0.1) is 20.8 Å². The summed E-state index contributed by atoms with van der Waals surface area (Å²) in [5, 5.41) is 12.3. The molecule has 0 fully saturated rings. The van der Waals surface area contributed by atoms with Gasteiger partial charge in [0.1, 0.15) is 5.76 Å². The lowest BCUT2D eigenvalue weighted by molar-refractivity contribution is 0.392. The summed E-state index contributed by atoms with van der Waals surface area (Å²) in [6.07, 6.45) is 0. The summed E-state index contributed by atoms with van der Waals surface area (Å²) in [5.41, 5.74) is 3.10. The van der Waals surface area contributed by atoms with Crippen molar-refractivity contribution in [3.05, 3.63) is 40.8 Å². The largest absolute Gasteiger partial charge is 0.381 e. The zero-order valence-electron chi connectivity index (χ0n) is 11.6. The molecule has 3 N–H and O–H groups in total. The Morgan fingerprint density at radius 3 is 2.55 bits per heavy atom. The van der Waals surface area contributed by atoms with Crippen LogP contribution in [0.15, 0.2) is 27.6 Å².